The first kappa shape index (κ1) is 14.3. The summed E-state index contributed by atoms with van der Waals surface area (Å²) < 4.78 is 105. The minimum Gasteiger partial charge on any atom is -0.455 e. The predicted octanol–water partition coefficient (Wildman–Crippen LogP) is 11.5. The summed E-state index contributed by atoms with van der Waals surface area (Å²) in [6.07, 6.45) is 0. The van der Waals surface area contributed by atoms with Crippen molar-refractivity contribution in [1.82, 2.24) is 0 Å². The summed E-state index contributed by atoms with van der Waals surface area (Å²) in [5, 5.41) is 2.38. The van der Waals surface area contributed by atoms with Crippen LogP contribution in [0.3, 0.4) is 0 Å². The van der Waals surface area contributed by atoms with Gasteiger partial charge in [-0.15, -0.1) is 0 Å². The van der Waals surface area contributed by atoms with E-state index < -0.39 is 66.5 Å². The summed E-state index contributed by atoms with van der Waals surface area (Å²) in [4.78, 5) is 0. The minimum atomic E-state index is -0.589. The van der Waals surface area contributed by atoms with Gasteiger partial charge in [-0.25, -0.2) is 0 Å². The predicted molar refractivity (Wildman–Crippen MR) is 175 cm³/mol. The highest BCUT2D eigenvalue weighted by Crippen LogP contribution is 2.47. The van der Waals surface area contributed by atoms with Gasteiger partial charge >= 0.3 is 0 Å². The van der Waals surface area contributed by atoms with E-state index >= 15 is 0 Å². The van der Waals surface area contributed by atoms with Crippen molar-refractivity contribution in [3.63, 3.8) is 0 Å². The number of benzene rings is 8. The Morgan fingerprint density at radius 2 is 1.20 bits per heavy atom. The fourth-order valence-electron chi connectivity index (χ4n) is 5.95. The van der Waals surface area contributed by atoms with Gasteiger partial charge in [-0.1, -0.05) is 121 Å². The van der Waals surface area contributed by atoms with E-state index in [0.29, 0.717) is 27.5 Å². The largest absolute Gasteiger partial charge is 0.455 e. The van der Waals surface area contributed by atoms with E-state index in [2.05, 4.69) is 0 Å². The summed E-state index contributed by atoms with van der Waals surface area (Å²) in [7, 11) is 0. The van der Waals surface area contributed by atoms with E-state index in [1.807, 2.05) is 72.8 Å². The molecular weight excluding hydrogens is 496 g/mol. The van der Waals surface area contributed by atoms with E-state index in [-0.39, 0.29) is 37.9 Å². The lowest BCUT2D eigenvalue weighted by Gasteiger charge is -2.16. The Morgan fingerprint density at radius 3 is 2.05 bits per heavy atom. The average Bonchev–Trinajstić information content (AvgIpc) is 3.53. The molecule has 0 fully saturated rings. The lowest BCUT2D eigenvalue weighted by atomic mass is 9.87. The third-order valence-corrected chi connectivity index (χ3v) is 7.78. The molecule has 0 aliphatic rings. The van der Waals surface area contributed by atoms with Crippen molar-refractivity contribution in [3.05, 3.63) is 145 Å². The Balaban J connectivity index is 1.62. The number of hydrogen-bond acceptors (Lipinski definition) is 1. The van der Waals surface area contributed by atoms with Crippen LogP contribution in [-0.2, 0) is 0 Å². The van der Waals surface area contributed by atoms with Gasteiger partial charge in [0.05, 0.1) is 15.1 Å². The number of hydrogen-bond donors (Lipinski definition) is 0. The van der Waals surface area contributed by atoms with Crippen LogP contribution in [-0.4, -0.2) is 0 Å². The molecule has 1 aromatic heterocycles. The highest BCUT2D eigenvalue weighted by Gasteiger charge is 2.21. The van der Waals surface area contributed by atoms with Crippen LogP contribution in [0.15, 0.2) is 150 Å². The molecule has 0 atom stereocenters. The van der Waals surface area contributed by atoms with E-state index in [4.69, 9.17) is 15.4 Å². The van der Waals surface area contributed by atoms with Crippen molar-refractivity contribution in [1.29, 1.82) is 0 Å². The first-order chi connectivity index (χ1) is 24.9. The fraction of sp³-hybridized carbons (Fsp3) is 0. The molecule has 0 saturated heterocycles. The zero-order chi connectivity index (χ0) is 36.5. The maximum atomic E-state index is 9.47. The quantitative estimate of drug-likeness (QED) is 0.160. The van der Waals surface area contributed by atoms with Crippen molar-refractivity contribution in [3.8, 4) is 22.3 Å². The molecular formula is C40H24O. The van der Waals surface area contributed by atoms with Gasteiger partial charge in [-0.05, 0) is 84.0 Å². The normalized spacial score (nSPS) is 15.7. The van der Waals surface area contributed by atoms with Crippen LogP contribution in [0.1, 0.15) is 15.1 Å². The Labute approximate surface area is 252 Å². The number of furan rings is 1. The molecule has 0 bridgehead atoms. The van der Waals surface area contributed by atoms with Gasteiger partial charge in [0.2, 0.25) is 0 Å². The molecule has 0 aliphatic heterocycles. The zero-order valence-corrected chi connectivity index (χ0v) is 21.4. The third-order valence-electron chi connectivity index (χ3n) is 7.78. The van der Waals surface area contributed by atoms with Crippen LogP contribution in [0.2, 0.25) is 0 Å². The van der Waals surface area contributed by atoms with Crippen molar-refractivity contribution in [2.75, 3.05) is 0 Å². The summed E-state index contributed by atoms with van der Waals surface area (Å²) >= 11 is 0. The van der Waals surface area contributed by atoms with E-state index in [9.17, 15) is 4.11 Å². The van der Waals surface area contributed by atoms with Crippen LogP contribution in [0.5, 0.6) is 0 Å². The molecule has 9 rings (SSSR count). The maximum absolute atomic E-state index is 9.47. The van der Waals surface area contributed by atoms with Gasteiger partial charge in [0.25, 0.3) is 0 Å². The van der Waals surface area contributed by atoms with Crippen molar-refractivity contribution >= 4 is 65.0 Å². The molecule has 0 radical (unpaired) electrons. The molecule has 0 saturated carbocycles. The molecule has 0 amide bonds. The minimum absolute atomic E-state index is 0.0334. The second kappa shape index (κ2) is 8.55. The molecule has 9 aromatic rings. The molecule has 0 unspecified atom stereocenters. The summed E-state index contributed by atoms with van der Waals surface area (Å²) in [5.74, 6) is 0. The number of fused-ring (bicyclic) bond motifs is 8. The lowest BCUT2D eigenvalue weighted by molar-refractivity contribution is 0.670. The summed E-state index contributed by atoms with van der Waals surface area (Å²) in [5.41, 5.74) is 3.19. The number of rotatable bonds is 2. The molecule has 0 spiro atoms. The topological polar surface area (TPSA) is 13.1 Å². The lowest BCUT2D eigenvalue weighted by Crippen LogP contribution is -1.89. The standard InChI is InChI=1S/C40H24O/c1-2-10-25(11-3-1)32-20-21-34(39-36-22-27-13-4-5-14-28(27)24-37(36)41-40(32)39)38-31-17-9-7-15-29(31)23-35-30-16-8-6-12-26(30)18-19-33(35)38/h1-24H/i6D,7D,8D,9D,12D,15D,16D,17D,18D,19D,23D. The molecule has 0 aliphatic carbocycles. The second-order valence-corrected chi connectivity index (χ2v) is 10.0. The van der Waals surface area contributed by atoms with Crippen molar-refractivity contribution in [2.45, 2.75) is 0 Å². The van der Waals surface area contributed by atoms with Gasteiger partial charge in [-0.2, -0.15) is 0 Å². The Kier molecular flexibility index (Phi) is 2.98. The third kappa shape index (κ3) is 3.30. The van der Waals surface area contributed by atoms with Crippen molar-refractivity contribution < 1.29 is 19.5 Å². The van der Waals surface area contributed by atoms with Crippen molar-refractivity contribution in [2.24, 2.45) is 0 Å². The van der Waals surface area contributed by atoms with Gasteiger partial charge in [0.15, 0.2) is 0 Å². The van der Waals surface area contributed by atoms with E-state index in [1.54, 1.807) is 6.07 Å². The SMILES string of the molecule is [2H]c1c([2H])c([2H])c2c([2H])c3c(c([2H])c([2H])c4c([2H])c([2H])c([2H])c([2H])c43)c(-c3ccc(-c4ccccc4)c4oc5cc6ccccc6cc5c34)c2c1[2H]. The van der Waals surface area contributed by atoms with E-state index in [1.165, 1.54) is 0 Å². The Hall–Kier alpha value is -5.40. The smallest absolute Gasteiger partial charge is 0.143 e. The van der Waals surface area contributed by atoms with Gasteiger partial charge in [0.1, 0.15) is 11.2 Å². The van der Waals surface area contributed by atoms with Gasteiger partial charge in [-0.3, -0.25) is 0 Å². The fourth-order valence-corrected chi connectivity index (χ4v) is 5.95. The van der Waals surface area contributed by atoms with Crippen LogP contribution in [0.25, 0.3) is 87.3 Å². The first-order valence-electron chi connectivity index (χ1n) is 18.7. The molecule has 1 nitrogen and oxygen atoms in total. The summed E-state index contributed by atoms with van der Waals surface area (Å²) in [6, 6.07) is 19.3. The second-order valence-electron chi connectivity index (χ2n) is 10.0. The molecule has 190 valence electrons. The molecule has 41 heavy (non-hydrogen) atoms. The Morgan fingerprint density at radius 1 is 0.488 bits per heavy atom. The first-order valence-corrected chi connectivity index (χ1v) is 13.2. The molecule has 8 aromatic carbocycles. The van der Waals surface area contributed by atoms with Crippen LogP contribution in [0, 0.1) is 0 Å². The molecule has 0 N–H and O–H groups in total. The van der Waals surface area contributed by atoms with Gasteiger partial charge in [0, 0.05) is 16.3 Å². The monoisotopic (exact) mass is 531 g/mol. The van der Waals surface area contributed by atoms with Crippen LogP contribution < -0.4 is 0 Å². The molecule has 1 heterocycles. The molecule has 1 heteroatoms. The highest BCUT2D eigenvalue weighted by molar-refractivity contribution is 6.26. The zero-order valence-electron chi connectivity index (χ0n) is 32.4. The average molecular weight is 532 g/mol. The van der Waals surface area contributed by atoms with Gasteiger partial charge < -0.3 is 4.42 Å². The van der Waals surface area contributed by atoms with E-state index in [0.717, 1.165) is 21.9 Å². The Bertz CT molecular complexity index is 3080. The van der Waals surface area contributed by atoms with Crippen LogP contribution in [0.4, 0.5) is 0 Å². The maximum Gasteiger partial charge on any atom is 0.143 e. The van der Waals surface area contributed by atoms with Crippen LogP contribution >= 0.6 is 0 Å². The summed E-state index contributed by atoms with van der Waals surface area (Å²) in [6.45, 7) is 0. The highest BCUT2D eigenvalue weighted by atomic mass is 16.3.